The van der Waals surface area contributed by atoms with E-state index in [1.165, 1.54) is 12.1 Å². The Morgan fingerprint density at radius 1 is 1.29 bits per heavy atom. The highest BCUT2D eigenvalue weighted by atomic mass is 19.1. The fourth-order valence-electron chi connectivity index (χ4n) is 2.76. The Morgan fingerprint density at radius 2 is 2.04 bits per heavy atom. The third-order valence-corrected chi connectivity index (χ3v) is 4.01. The predicted molar refractivity (Wildman–Crippen MR) is 87.1 cm³/mol. The van der Waals surface area contributed by atoms with Gasteiger partial charge in [0.25, 0.3) is 0 Å². The van der Waals surface area contributed by atoms with Crippen molar-refractivity contribution in [2.75, 3.05) is 26.3 Å². The van der Waals surface area contributed by atoms with Gasteiger partial charge in [-0.15, -0.1) is 0 Å². The highest BCUT2D eigenvalue weighted by Crippen LogP contribution is 2.19. The van der Waals surface area contributed by atoms with E-state index < -0.39 is 0 Å². The second-order valence-corrected chi connectivity index (χ2v) is 5.84. The average Bonchev–Trinajstić information content (AvgIpc) is 2.60. The molecule has 1 amide bonds. The van der Waals surface area contributed by atoms with Gasteiger partial charge in [-0.05, 0) is 50.5 Å². The number of hydrogen-bond donors (Lipinski definition) is 0. The van der Waals surface area contributed by atoms with E-state index in [1.54, 1.807) is 24.0 Å². The van der Waals surface area contributed by atoms with Crippen LogP contribution in [-0.2, 0) is 14.3 Å². The summed E-state index contributed by atoms with van der Waals surface area (Å²) in [7, 11) is 0. The van der Waals surface area contributed by atoms with Gasteiger partial charge >= 0.3 is 5.97 Å². The fourth-order valence-corrected chi connectivity index (χ4v) is 2.76. The molecule has 1 unspecified atom stereocenters. The number of piperidine rings is 1. The Balaban J connectivity index is 1.69. The summed E-state index contributed by atoms with van der Waals surface area (Å²) in [5.74, 6) is -0.109. The largest absolute Gasteiger partial charge is 0.494 e. The number of esters is 1. The van der Waals surface area contributed by atoms with Crippen molar-refractivity contribution in [3.63, 3.8) is 0 Å². The molecular weight excluding hydrogens is 313 g/mol. The maximum atomic E-state index is 12.8. The molecule has 0 saturated carbocycles. The fraction of sp³-hybridized carbons (Fsp3) is 0.556. The molecule has 1 aliphatic rings. The van der Waals surface area contributed by atoms with Crippen LogP contribution in [0.15, 0.2) is 24.3 Å². The molecular formula is C18H24FNO4. The molecule has 0 aliphatic carbocycles. The second-order valence-electron chi connectivity index (χ2n) is 5.84. The molecule has 1 heterocycles. The molecule has 2 rings (SSSR count). The first-order valence-corrected chi connectivity index (χ1v) is 8.43. The van der Waals surface area contributed by atoms with E-state index in [2.05, 4.69) is 0 Å². The highest BCUT2D eigenvalue weighted by Gasteiger charge is 2.28. The van der Waals surface area contributed by atoms with E-state index in [4.69, 9.17) is 9.47 Å². The van der Waals surface area contributed by atoms with Gasteiger partial charge in [-0.2, -0.15) is 0 Å². The van der Waals surface area contributed by atoms with Crippen LogP contribution in [0.4, 0.5) is 4.39 Å². The number of hydrogen-bond acceptors (Lipinski definition) is 4. The van der Waals surface area contributed by atoms with E-state index in [-0.39, 0.29) is 23.6 Å². The number of benzene rings is 1. The van der Waals surface area contributed by atoms with Gasteiger partial charge in [-0.3, -0.25) is 9.59 Å². The van der Waals surface area contributed by atoms with E-state index >= 15 is 0 Å². The molecule has 1 aromatic rings. The quantitative estimate of drug-likeness (QED) is 0.567. The number of amides is 1. The number of rotatable bonds is 7. The highest BCUT2D eigenvalue weighted by molar-refractivity contribution is 5.78. The first kappa shape index (κ1) is 18.2. The predicted octanol–water partition coefficient (Wildman–Crippen LogP) is 2.79. The zero-order valence-electron chi connectivity index (χ0n) is 14.0. The zero-order valence-corrected chi connectivity index (χ0v) is 14.0. The molecule has 0 radical (unpaired) electrons. The Labute approximate surface area is 141 Å². The van der Waals surface area contributed by atoms with Crippen LogP contribution in [0.2, 0.25) is 0 Å². The van der Waals surface area contributed by atoms with Crippen molar-refractivity contribution in [1.82, 2.24) is 4.90 Å². The zero-order chi connectivity index (χ0) is 17.4. The van der Waals surface area contributed by atoms with Gasteiger partial charge in [0.2, 0.25) is 5.91 Å². The van der Waals surface area contributed by atoms with Gasteiger partial charge in [0, 0.05) is 19.5 Å². The minimum Gasteiger partial charge on any atom is -0.494 e. The summed E-state index contributed by atoms with van der Waals surface area (Å²) >= 11 is 0. The summed E-state index contributed by atoms with van der Waals surface area (Å²) in [6.45, 7) is 3.67. The number of ether oxygens (including phenoxy) is 2. The number of carbonyl (C=O) groups excluding carboxylic acids is 2. The van der Waals surface area contributed by atoms with Gasteiger partial charge in [0.1, 0.15) is 11.6 Å². The van der Waals surface area contributed by atoms with Gasteiger partial charge in [0.05, 0.1) is 19.1 Å². The van der Waals surface area contributed by atoms with Crippen molar-refractivity contribution in [2.45, 2.75) is 32.6 Å². The van der Waals surface area contributed by atoms with Crippen molar-refractivity contribution in [1.29, 1.82) is 0 Å². The SMILES string of the molecule is CCOC(=O)C1CCCN(C(=O)CCCOc2ccc(F)cc2)C1. The number of halogens is 1. The van der Waals surface area contributed by atoms with Crippen molar-refractivity contribution >= 4 is 11.9 Å². The summed E-state index contributed by atoms with van der Waals surface area (Å²) < 4.78 is 23.3. The Morgan fingerprint density at radius 3 is 2.75 bits per heavy atom. The van der Waals surface area contributed by atoms with Crippen molar-refractivity contribution in [2.24, 2.45) is 5.92 Å². The molecule has 132 valence electrons. The smallest absolute Gasteiger partial charge is 0.310 e. The van der Waals surface area contributed by atoms with Crippen LogP contribution in [0.1, 0.15) is 32.6 Å². The number of carbonyl (C=O) groups is 2. The summed E-state index contributed by atoms with van der Waals surface area (Å²) in [5.41, 5.74) is 0. The first-order chi connectivity index (χ1) is 11.6. The maximum Gasteiger partial charge on any atom is 0.310 e. The summed E-state index contributed by atoms with van der Waals surface area (Å²) in [6.07, 6.45) is 2.55. The van der Waals surface area contributed by atoms with Gasteiger partial charge in [-0.25, -0.2) is 4.39 Å². The lowest BCUT2D eigenvalue weighted by molar-refractivity contribution is -0.151. The first-order valence-electron chi connectivity index (χ1n) is 8.43. The monoisotopic (exact) mass is 337 g/mol. The second kappa shape index (κ2) is 9.25. The van der Waals surface area contributed by atoms with Crippen LogP contribution in [0, 0.1) is 11.7 Å². The molecule has 6 heteroatoms. The van der Waals surface area contributed by atoms with Crippen LogP contribution in [-0.4, -0.2) is 43.1 Å². The number of nitrogens with zero attached hydrogens (tertiary/aromatic N) is 1. The van der Waals surface area contributed by atoms with Crippen LogP contribution >= 0.6 is 0 Å². The molecule has 0 N–H and O–H groups in total. The van der Waals surface area contributed by atoms with Gasteiger partial charge in [0.15, 0.2) is 0 Å². The van der Waals surface area contributed by atoms with Gasteiger partial charge in [-0.1, -0.05) is 0 Å². The lowest BCUT2D eigenvalue weighted by atomic mass is 9.98. The third kappa shape index (κ3) is 5.51. The molecule has 0 spiro atoms. The van der Waals surface area contributed by atoms with E-state index in [9.17, 15) is 14.0 Å². The molecule has 0 aromatic heterocycles. The Kier molecular flexibility index (Phi) is 7.03. The lowest BCUT2D eigenvalue weighted by Crippen LogP contribution is -2.42. The molecule has 5 nitrogen and oxygen atoms in total. The third-order valence-electron chi connectivity index (χ3n) is 4.01. The molecule has 1 aliphatic heterocycles. The standard InChI is InChI=1S/C18H24FNO4/c1-2-23-18(22)14-5-3-11-20(13-14)17(21)6-4-12-24-16-9-7-15(19)8-10-16/h7-10,14H,2-6,11-13H2,1H3. The minimum absolute atomic E-state index is 0.0340. The molecule has 1 aromatic carbocycles. The van der Waals surface area contributed by atoms with E-state index in [0.29, 0.717) is 44.9 Å². The lowest BCUT2D eigenvalue weighted by Gasteiger charge is -2.31. The Bertz CT molecular complexity index is 546. The van der Waals surface area contributed by atoms with E-state index in [0.717, 1.165) is 12.8 Å². The van der Waals surface area contributed by atoms with Crippen molar-refractivity contribution < 1.29 is 23.5 Å². The average molecular weight is 337 g/mol. The van der Waals surface area contributed by atoms with E-state index in [1.807, 2.05) is 0 Å². The Hall–Kier alpha value is -2.11. The van der Waals surface area contributed by atoms with Crippen LogP contribution in [0.25, 0.3) is 0 Å². The van der Waals surface area contributed by atoms with Crippen LogP contribution in [0.5, 0.6) is 5.75 Å². The van der Waals surface area contributed by atoms with Gasteiger partial charge < -0.3 is 14.4 Å². The summed E-state index contributed by atoms with van der Waals surface area (Å²) in [4.78, 5) is 25.8. The normalized spacial score (nSPS) is 17.4. The summed E-state index contributed by atoms with van der Waals surface area (Å²) in [5, 5.41) is 0. The molecule has 0 bridgehead atoms. The molecule has 24 heavy (non-hydrogen) atoms. The number of likely N-dealkylation sites (tertiary alicyclic amines) is 1. The summed E-state index contributed by atoms with van der Waals surface area (Å²) in [6, 6.07) is 5.80. The van der Waals surface area contributed by atoms with Crippen molar-refractivity contribution in [3.8, 4) is 5.75 Å². The minimum atomic E-state index is -0.307. The van der Waals surface area contributed by atoms with Crippen molar-refractivity contribution in [3.05, 3.63) is 30.1 Å². The van der Waals surface area contributed by atoms with Crippen LogP contribution in [0.3, 0.4) is 0 Å². The molecule has 1 fully saturated rings. The topological polar surface area (TPSA) is 55.8 Å². The van der Waals surface area contributed by atoms with Crippen LogP contribution < -0.4 is 4.74 Å². The molecule has 1 atom stereocenters. The maximum absolute atomic E-state index is 12.8. The molecule has 1 saturated heterocycles.